The number of piperidine rings is 1. The molecule has 0 bridgehead atoms. The number of hydrogen-bond acceptors (Lipinski definition) is 6. The third-order valence-electron chi connectivity index (χ3n) is 5.15. The molecule has 0 radical (unpaired) electrons. The van der Waals surface area contributed by atoms with Crippen LogP contribution in [0.15, 0.2) is 54.7 Å². The first-order chi connectivity index (χ1) is 14.2. The fourth-order valence-corrected chi connectivity index (χ4v) is 3.92. The van der Waals surface area contributed by atoms with E-state index in [-0.39, 0.29) is 6.54 Å². The van der Waals surface area contributed by atoms with E-state index >= 15 is 0 Å². The molecule has 1 N–H and O–H groups in total. The van der Waals surface area contributed by atoms with Gasteiger partial charge in [-0.1, -0.05) is 29.5 Å². The van der Waals surface area contributed by atoms with Crippen LogP contribution in [-0.2, 0) is 24.4 Å². The number of benzene rings is 1. The zero-order valence-corrected chi connectivity index (χ0v) is 16.8. The molecule has 29 heavy (non-hydrogen) atoms. The van der Waals surface area contributed by atoms with Crippen LogP contribution in [0.2, 0.25) is 0 Å². The molecular weight excluding hydrogens is 388 g/mol. The van der Waals surface area contributed by atoms with Crippen molar-refractivity contribution in [2.24, 2.45) is 0 Å². The van der Waals surface area contributed by atoms with Gasteiger partial charge in [0.1, 0.15) is 0 Å². The number of aromatic nitrogens is 4. The van der Waals surface area contributed by atoms with E-state index < -0.39 is 11.3 Å². The van der Waals surface area contributed by atoms with Gasteiger partial charge >= 0.3 is 0 Å². The molecule has 0 spiro atoms. The molecule has 1 atom stereocenters. The van der Waals surface area contributed by atoms with Gasteiger partial charge in [-0.2, -0.15) is 0 Å². The van der Waals surface area contributed by atoms with Crippen molar-refractivity contribution in [3.8, 4) is 5.69 Å². The summed E-state index contributed by atoms with van der Waals surface area (Å²) in [6.45, 7) is 2.95. The van der Waals surface area contributed by atoms with Gasteiger partial charge in [0.25, 0.3) is 0 Å². The van der Waals surface area contributed by atoms with Crippen LogP contribution in [0.25, 0.3) is 5.69 Å². The Bertz CT molecular complexity index is 956. The van der Waals surface area contributed by atoms with Gasteiger partial charge in [0.05, 0.1) is 23.3 Å². The normalized spacial score (nSPS) is 16.7. The van der Waals surface area contributed by atoms with E-state index in [1.165, 1.54) is 0 Å². The first kappa shape index (κ1) is 19.8. The summed E-state index contributed by atoms with van der Waals surface area (Å²) in [5.41, 5.74) is 3.75. The third-order valence-corrected chi connectivity index (χ3v) is 5.53. The van der Waals surface area contributed by atoms with Crippen LogP contribution in [0.5, 0.6) is 0 Å². The fraction of sp³-hybridized carbons (Fsp3) is 0.350. The molecule has 0 amide bonds. The lowest BCUT2D eigenvalue weighted by Gasteiger charge is -2.31. The summed E-state index contributed by atoms with van der Waals surface area (Å²) in [7, 11) is 0. The highest BCUT2D eigenvalue weighted by atomic mass is 32.2. The minimum atomic E-state index is -2.27. The summed E-state index contributed by atoms with van der Waals surface area (Å²) in [5, 5.41) is 8.55. The summed E-state index contributed by atoms with van der Waals surface area (Å²) < 4.78 is 25.5. The largest absolute Gasteiger partial charge is 0.760 e. The monoisotopic (exact) mass is 411 g/mol. The average molecular weight is 412 g/mol. The first-order valence-electron chi connectivity index (χ1n) is 9.65. The minimum absolute atomic E-state index is 0.222. The summed E-state index contributed by atoms with van der Waals surface area (Å²) in [5.74, 6) is 0.393. The van der Waals surface area contributed by atoms with Crippen molar-refractivity contribution in [2.45, 2.75) is 31.8 Å². The van der Waals surface area contributed by atoms with Crippen LogP contribution >= 0.6 is 0 Å². The molecule has 152 valence electrons. The van der Waals surface area contributed by atoms with Crippen LogP contribution in [0.3, 0.4) is 0 Å². The Hall–Kier alpha value is -2.46. The number of pyridine rings is 1. The second-order valence-corrected chi connectivity index (χ2v) is 7.91. The summed E-state index contributed by atoms with van der Waals surface area (Å²) in [6, 6.07) is 15.8. The number of nitrogens with one attached hydrogen (secondary N) is 1. The topological polar surface area (TPSA) is 99.0 Å². The standard InChI is InChI=1S/C20H24N6O2S/c27-29(28)21-13-17-5-4-8-20(22-17)16-9-11-25(12-10-16)14-18-15-26(24-23-18)19-6-2-1-3-7-19/h1-8,15-16,21H,9-14H2,(H,27,28)/p-1. The average Bonchev–Trinajstić information content (AvgIpc) is 3.22. The van der Waals surface area contributed by atoms with Gasteiger partial charge in [0, 0.05) is 36.0 Å². The van der Waals surface area contributed by atoms with Crippen molar-refractivity contribution < 1.29 is 8.76 Å². The highest BCUT2D eigenvalue weighted by molar-refractivity contribution is 7.77. The third kappa shape index (κ3) is 5.33. The van der Waals surface area contributed by atoms with Crippen molar-refractivity contribution in [1.29, 1.82) is 0 Å². The Balaban J connectivity index is 1.31. The molecule has 0 aliphatic carbocycles. The Morgan fingerprint density at radius 1 is 1.07 bits per heavy atom. The Kier molecular flexibility index (Phi) is 6.40. The lowest BCUT2D eigenvalue weighted by atomic mass is 9.93. The number of para-hydroxylation sites is 1. The SMILES string of the molecule is O=S([O-])NCc1cccc(C2CCN(Cc3cn(-c4ccccc4)nn3)CC2)n1. The molecule has 2 aromatic heterocycles. The Morgan fingerprint density at radius 3 is 2.62 bits per heavy atom. The van der Waals surface area contributed by atoms with E-state index in [1.807, 2.05) is 54.7 Å². The predicted octanol–water partition coefficient (Wildman–Crippen LogP) is 1.93. The van der Waals surface area contributed by atoms with Gasteiger partial charge < -0.3 is 4.55 Å². The van der Waals surface area contributed by atoms with Gasteiger partial charge in [0.15, 0.2) is 0 Å². The van der Waals surface area contributed by atoms with Gasteiger partial charge in [-0.3, -0.25) is 14.1 Å². The second kappa shape index (κ2) is 9.36. The maximum Gasteiger partial charge on any atom is 0.0971 e. The van der Waals surface area contributed by atoms with Crippen LogP contribution in [-0.4, -0.2) is 46.7 Å². The smallest absolute Gasteiger partial charge is 0.0971 e. The fourth-order valence-electron chi connectivity index (χ4n) is 3.65. The zero-order valence-electron chi connectivity index (χ0n) is 16.0. The van der Waals surface area contributed by atoms with E-state index in [4.69, 9.17) is 0 Å². The molecular formula is C20H23N6O2S-. The van der Waals surface area contributed by atoms with Gasteiger partial charge in [-0.05, 0) is 50.2 Å². The minimum Gasteiger partial charge on any atom is -0.760 e. The van der Waals surface area contributed by atoms with E-state index in [1.54, 1.807) is 4.68 Å². The van der Waals surface area contributed by atoms with E-state index in [2.05, 4.69) is 24.9 Å². The lowest BCUT2D eigenvalue weighted by Crippen LogP contribution is -2.33. The number of rotatable bonds is 7. The Morgan fingerprint density at radius 2 is 1.86 bits per heavy atom. The lowest BCUT2D eigenvalue weighted by molar-refractivity contribution is 0.201. The maximum absolute atomic E-state index is 10.7. The second-order valence-electron chi connectivity index (χ2n) is 7.15. The first-order valence-corrected chi connectivity index (χ1v) is 10.7. The zero-order chi connectivity index (χ0) is 20.1. The maximum atomic E-state index is 10.7. The molecule has 0 saturated carbocycles. The van der Waals surface area contributed by atoms with E-state index in [9.17, 15) is 8.76 Å². The van der Waals surface area contributed by atoms with Crippen molar-refractivity contribution in [3.05, 3.63) is 71.8 Å². The molecule has 1 aromatic carbocycles. The van der Waals surface area contributed by atoms with Crippen LogP contribution < -0.4 is 4.72 Å². The number of nitrogens with zero attached hydrogens (tertiary/aromatic N) is 5. The number of likely N-dealkylation sites (tertiary alicyclic amines) is 1. The van der Waals surface area contributed by atoms with Crippen LogP contribution in [0, 0.1) is 0 Å². The molecule has 3 aromatic rings. The molecule has 1 fully saturated rings. The highest BCUT2D eigenvalue weighted by Gasteiger charge is 2.22. The summed E-state index contributed by atoms with van der Waals surface area (Å²) in [6.07, 6.45) is 4.02. The van der Waals surface area contributed by atoms with Crippen molar-refractivity contribution in [2.75, 3.05) is 13.1 Å². The molecule has 4 rings (SSSR count). The molecule has 1 aliphatic heterocycles. The van der Waals surface area contributed by atoms with Crippen LogP contribution in [0.1, 0.15) is 35.8 Å². The van der Waals surface area contributed by atoms with Crippen molar-refractivity contribution >= 4 is 11.3 Å². The molecule has 1 unspecified atom stereocenters. The summed E-state index contributed by atoms with van der Waals surface area (Å²) >= 11 is -2.27. The molecule has 3 heterocycles. The van der Waals surface area contributed by atoms with Gasteiger partial charge in [0.2, 0.25) is 0 Å². The van der Waals surface area contributed by atoms with E-state index in [0.717, 1.165) is 55.2 Å². The Labute approximate surface area is 172 Å². The van der Waals surface area contributed by atoms with Crippen LogP contribution in [0.4, 0.5) is 0 Å². The van der Waals surface area contributed by atoms with Crippen molar-refractivity contribution in [3.63, 3.8) is 0 Å². The molecule has 8 nitrogen and oxygen atoms in total. The number of hydrogen-bond donors (Lipinski definition) is 1. The van der Waals surface area contributed by atoms with Gasteiger partial charge in [-0.15, -0.1) is 5.10 Å². The summed E-state index contributed by atoms with van der Waals surface area (Å²) in [4.78, 5) is 7.02. The predicted molar refractivity (Wildman–Crippen MR) is 109 cm³/mol. The van der Waals surface area contributed by atoms with Crippen molar-refractivity contribution in [1.82, 2.24) is 29.6 Å². The molecule has 9 heteroatoms. The quantitative estimate of drug-likeness (QED) is 0.597. The van der Waals surface area contributed by atoms with E-state index in [0.29, 0.717) is 5.92 Å². The van der Waals surface area contributed by atoms with Gasteiger partial charge in [-0.25, -0.2) is 9.40 Å². The highest BCUT2D eigenvalue weighted by Crippen LogP contribution is 2.27. The molecule has 1 saturated heterocycles. The molecule has 1 aliphatic rings.